The largest absolute Gasteiger partial charge is 0.393 e. The van der Waals surface area contributed by atoms with Gasteiger partial charge in [-0.05, 0) is 102 Å². The average molecular weight is 697 g/mol. The summed E-state index contributed by atoms with van der Waals surface area (Å²) in [6.45, 7) is 11.8. The Kier molecular flexibility index (Phi) is 10.9. The van der Waals surface area contributed by atoms with Crippen LogP contribution in [-0.4, -0.2) is 78.4 Å². The molecule has 2 aromatic carbocycles. The first-order chi connectivity index (χ1) is 24.3. The van der Waals surface area contributed by atoms with Gasteiger partial charge in [-0.2, -0.15) is 5.06 Å². The van der Waals surface area contributed by atoms with Gasteiger partial charge in [0.1, 0.15) is 6.04 Å². The third kappa shape index (κ3) is 7.42. The number of pyridine rings is 1. The summed E-state index contributed by atoms with van der Waals surface area (Å²) in [5.41, 5.74) is 12.8. The van der Waals surface area contributed by atoms with Crippen molar-refractivity contribution in [3.63, 3.8) is 0 Å². The highest BCUT2D eigenvalue weighted by Gasteiger charge is 2.57. The summed E-state index contributed by atoms with van der Waals surface area (Å²) in [4.78, 5) is 40.4. The molecule has 7 rings (SSSR count). The monoisotopic (exact) mass is 696 g/mol. The maximum atomic E-state index is 14.2. The van der Waals surface area contributed by atoms with Gasteiger partial charge in [-0.25, -0.2) is 0 Å². The molecule has 3 aromatic rings. The number of nitrogens with zero attached hydrogens (tertiary/aromatic N) is 3. The molecule has 274 valence electrons. The number of nitrogens with two attached hydrogens (primary N) is 1. The Bertz CT molecular complexity index is 1710. The maximum Gasteiger partial charge on any atom is 0.251 e. The number of benzene rings is 2. The molecule has 3 saturated carbocycles. The number of amides is 2. The van der Waals surface area contributed by atoms with E-state index in [-0.39, 0.29) is 24.4 Å². The molecule has 2 bridgehead atoms. The lowest BCUT2D eigenvalue weighted by Crippen LogP contribution is -2.62. The van der Waals surface area contributed by atoms with Crippen molar-refractivity contribution in [1.29, 1.82) is 0 Å². The van der Waals surface area contributed by atoms with Gasteiger partial charge in [0.25, 0.3) is 5.91 Å². The van der Waals surface area contributed by atoms with E-state index >= 15 is 0 Å². The fourth-order valence-electron chi connectivity index (χ4n) is 8.97. The summed E-state index contributed by atoms with van der Waals surface area (Å²) in [7, 11) is 3.93. The SMILES string of the molecule is Cc1c(CN2O[C@@H](CN)[C@@H]([C@H](C)O)[C@H]2C(=O)N[C@H]2C[C@H]3C[C@@H]([C@@H]2C)C3(C)C)cccc1-c1cc(C(=O)NCCc2ccccn2)cc(N(C)C)c1. The molecule has 0 unspecified atom stereocenters. The van der Waals surface area contributed by atoms with E-state index in [1.807, 2.05) is 61.5 Å². The Balaban J connectivity index is 1.24. The summed E-state index contributed by atoms with van der Waals surface area (Å²) in [6.07, 6.45) is 3.33. The van der Waals surface area contributed by atoms with E-state index in [1.54, 1.807) is 18.2 Å². The number of nitrogens with one attached hydrogen (secondary N) is 2. The fourth-order valence-corrected chi connectivity index (χ4v) is 8.97. The van der Waals surface area contributed by atoms with Crippen LogP contribution in [0.5, 0.6) is 0 Å². The van der Waals surface area contributed by atoms with Gasteiger partial charge in [-0.15, -0.1) is 0 Å². The summed E-state index contributed by atoms with van der Waals surface area (Å²) < 4.78 is 0. The van der Waals surface area contributed by atoms with Crippen LogP contribution in [0.2, 0.25) is 0 Å². The minimum absolute atomic E-state index is 0.0955. The Labute approximate surface area is 303 Å². The van der Waals surface area contributed by atoms with E-state index in [2.05, 4.69) is 55.4 Å². The van der Waals surface area contributed by atoms with Crippen molar-refractivity contribution in [2.45, 2.75) is 84.7 Å². The Morgan fingerprint density at radius 2 is 1.92 bits per heavy atom. The maximum absolute atomic E-state index is 14.2. The van der Waals surface area contributed by atoms with Gasteiger partial charge in [-0.3, -0.25) is 19.4 Å². The molecule has 0 spiro atoms. The van der Waals surface area contributed by atoms with Crippen LogP contribution in [0, 0.1) is 36.0 Å². The van der Waals surface area contributed by atoms with Gasteiger partial charge >= 0.3 is 0 Å². The van der Waals surface area contributed by atoms with E-state index in [0.717, 1.165) is 40.1 Å². The average Bonchev–Trinajstić information content (AvgIpc) is 3.48. The Morgan fingerprint density at radius 1 is 1.14 bits per heavy atom. The van der Waals surface area contributed by atoms with Gasteiger partial charge in [-0.1, -0.05) is 45.0 Å². The molecule has 1 aliphatic heterocycles. The van der Waals surface area contributed by atoms with Gasteiger partial charge in [0.2, 0.25) is 5.91 Å². The quantitative estimate of drug-likeness (QED) is 0.214. The summed E-state index contributed by atoms with van der Waals surface area (Å²) in [6, 6.07) is 17.2. The number of carbonyl (C=O) groups is 2. The first-order valence-electron chi connectivity index (χ1n) is 18.5. The van der Waals surface area contributed by atoms with Crippen molar-refractivity contribution in [1.82, 2.24) is 20.7 Å². The van der Waals surface area contributed by atoms with Crippen LogP contribution < -0.4 is 21.3 Å². The van der Waals surface area contributed by atoms with Crippen LogP contribution in [-0.2, 0) is 22.6 Å². The molecule has 4 fully saturated rings. The lowest BCUT2D eigenvalue weighted by molar-refractivity contribution is -0.175. The van der Waals surface area contributed by atoms with Crippen LogP contribution >= 0.6 is 0 Å². The predicted molar refractivity (Wildman–Crippen MR) is 201 cm³/mol. The first-order valence-corrected chi connectivity index (χ1v) is 18.5. The molecular formula is C41H56N6O4. The van der Waals surface area contributed by atoms with Crippen LogP contribution in [0.3, 0.4) is 0 Å². The lowest BCUT2D eigenvalue weighted by atomic mass is 9.45. The molecule has 2 amide bonds. The van der Waals surface area contributed by atoms with E-state index in [9.17, 15) is 14.7 Å². The summed E-state index contributed by atoms with van der Waals surface area (Å²) in [5, 5.41) is 19.2. The van der Waals surface area contributed by atoms with Gasteiger partial charge in [0.05, 0.1) is 18.8 Å². The smallest absolute Gasteiger partial charge is 0.251 e. The predicted octanol–water partition coefficient (Wildman–Crippen LogP) is 4.72. The van der Waals surface area contributed by atoms with Crippen molar-refractivity contribution in [3.8, 4) is 11.1 Å². The van der Waals surface area contributed by atoms with Crippen molar-refractivity contribution in [2.75, 3.05) is 32.1 Å². The highest BCUT2D eigenvalue weighted by Crippen LogP contribution is 2.61. The van der Waals surface area contributed by atoms with Crippen LogP contribution in [0.1, 0.15) is 67.7 Å². The van der Waals surface area contributed by atoms with Crippen molar-refractivity contribution >= 4 is 17.5 Å². The molecule has 8 atom stereocenters. The molecular weight excluding hydrogens is 640 g/mol. The zero-order valence-corrected chi connectivity index (χ0v) is 31.2. The van der Waals surface area contributed by atoms with Gasteiger partial charge in [0, 0.05) is 68.7 Å². The van der Waals surface area contributed by atoms with E-state index in [4.69, 9.17) is 10.6 Å². The molecule has 2 heterocycles. The van der Waals surface area contributed by atoms with E-state index < -0.39 is 24.2 Å². The molecule has 10 heteroatoms. The van der Waals surface area contributed by atoms with Gasteiger partial charge < -0.3 is 26.4 Å². The lowest BCUT2D eigenvalue weighted by Gasteiger charge is -2.62. The van der Waals surface area contributed by atoms with Crippen LogP contribution in [0.25, 0.3) is 11.1 Å². The molecule has 5 N–H and O–H groups in total. The number of hydrogen-bond donors (Lipinski definition) is 4. The molecule has 51 heavy (non-hydrogen) atoms. The topological polar surface area (TPSA) is 133 Å². The highest BCUT2D eigenvalue weighted by atomic mass is 16.7. The van der Waals surface area contributed by atoms with Crippen LogP contribution in [0.15, 0.2) is 60.8 Å². The number of aliphatic hydroxyl groups is 1. The highest BCUT2D eigenvalue weighted by molar-refractivity contribution is 5.97. The van der Waals surface area contributed by atoms with Gasteiger partial charge in [0.15, 0.2) is 0 Å². The number of fused-ring (bicyclic) bond motifs is 2. The fraction of sp³-hybridized carbons (Fsp3) is 0.537. The van der Waals surface area contributed by atoms with Crippen LogP contribution in [0.4, 0.5) is 5.69 Å². The van der Waals surface area contributed by atoms with Crippen molar-refractivity contribution in [2.24, 2.45) is 34.8 Å². The normalized spacial score (nSPS) is 27.4. The molecule has 4 aliphatic rings. The Hall–Kier alpha value is -3.83. The zero-order chi connectivity index (χ0) is 36.6. The second kappa shape index (κ2) is 15.0. The molecule has 0 radical (unpaired) electrons. The number of aromatic nitrogens is 1. The number of rotatable bonds is 12. The molecule has 1 aromatic heterocycles. The van der Waals surface area contributed by atoms with Crippen molar-refractivity contribution < 1.29 is 19.5 Å². The minimum Gasteiger partial charge on any atom is -0.393 e. The van der Waals surface area contributed by atoms with E-state index in [0.29, 0.717) is 48.2 Å². The Morgan fingerprint density at radius 3 is 2.57 bits per heavy atom. The first kappa shape index (κ1) is 36.9. The number of hydrogen-bond acceptors (Lipinski definition) is 8. The molecule has 10 nitrogen and oxygen atoms in total. The zero-order valence-electron chi connectivity index (χ0n) is 31.2. The third-order valence-corrected chi connectivity index (χ3v) is 12.3. The standard InChI is InChI=1S/C41H56N6O4/c1-24-27(11-10-13-33(24)28-17-29(19-32(18-28)46(6)7)39(49)44-16-14-31-12-8-9-15-43-31)23-47-38(37(26(3)48)36(22-42)51-47)40(50)45-35-21-30-20-34(25(35)2)41(30,4)5/h8-13,15,17-19,25-26,30,34-38,48H,14,16,20-23,42H2,1-7H3,(H,44,49)(H,45,50)/t25-,26-,30+,34-,35-,36-,37+,38-/m0/s1. The second-order valence-corrected chi connectivity index (χ2v) is 15.9. The van der Waals surface area contributed by atoms with Crippen molar-refractivity contribution in [3.05, 3.63) is 83.2 Å². The number of carbonyl (C=O) groups excluding carboxylic acids is 2. The number of aliphatic hydroxyl groups excluding tert-OH is 1. The number of hydroxylamine groups is 2. The van der Waals surface area contributed by atoms with E-state index in [1.165, 1.54) is 6.42 Å². The minimum atomic E-state index is -0.787. The molecule has 3 aliphatic carbocycles. The summed E-state index contributed by atoms with van der Waals surface area (Å²) >= 11 is 0. The third-order valence-electron chi connectivity index (χ3n) is 12.3. The second-order valence-electron chi connectivity index (χ2n) is 15.9. The summed E-state index contributed by atoms with van der Waals surface area (Å²) in [5.74, 6) is 0.854. The molecule has 1 saturated heterocycles. The number of anilines is 1.